The number of pyridine rings is 1. The van der Waals surface area contributed by atoms with E-state index in [0.29, 0.717) is 6.54 Å². The monoisotopic (exact) mass is 202 g/mol. The Kier molecular flexibility index (Phi) is 2.94. The summed E-state index contributed by atoms with van der Waals surface area (Å²) in [7, 11) is 1.62. The topological polar surface area (TPSA) is 34.1 Å². The third kappa shape index (κ3) is 2.32. The molecule has 0 radical (unpaired) electrons. The minimum absolute atomic E-state index is 0.709. The summed E-state index contributed by atoms with van der Waals surface area (Å²) in [4.78, 5) is 9.09. The lowest BCUT2D eigenvalue weighted by atomic mass is 10.1. The Bertz CT molecular complexity index is 468. The first-order valence-corrected chi connectivity index (χ1v) is 4.91. The molecular weight excluding hydrogens is 188 g/mol. The molecule has 15 heavy (non-hydrogen) atoms. The number of nitrogens with zero attached hydrogens (tertiary/aromatic N) is 1. The van der Waals surface area contributed by atoms with E-state index in [1.807, 2.05) is 13.1 Å². The van der Waals surface area contributed by atoms with Crippen LogP contribution in [0.4, 0.5) is 0 Å². The van der Waals surface area contributed by atoms with Gasteiger partial charge in [-0.25, -0.2) is 0 Å². The number of benzene rings is 1. The first-order valence-electron chi connectivity index (χ1n) is 4.91. The highest BCUT2D eigenvalue weighted by Gasteiger charge is 1.97. The second kappa shape index (κ2) is 4.38. The number of aromatic nitrogens is 1. The van der Waals surface area contributed by atoms with Crippen molar-refractivity contribution in [1.82, 2.24) is 10.5 Å². The van der Waals surface area contributed by atoms with Gasteiger partial charge in [0.25, 0.3) is 0 Å². The maximum atomic E-state index is 4.81. The Morgan fingerprint density at radius 3 is 2.93 bits per heavy atom. The van der Waals surface area contributed by atoms with Gasteiger partial charge in [-0.1, -0.05) is 12.1 Å². The third-order valence-electron chi connectivity index (χ3n) is 2.34. The van der Waals surface area contributed by atoms with E-state index >= 15 is 0 Å². The van der Waals surface area contributed by atoms with Gasteiger partial charge in [-0.05, 0) is 30.0 Å². The van der Waals surface area contributed by atoms with Crippen molar-refractivity contribution in [2.45, 2.75) is 13.5 Å². The van der Waals surface area contributed by atoms with E-state index in [4.69, 9.17) is 4.84 Å². The largest absolute Gasteiger partial charge is 0.305 e. The second-order valence-electron chi connectivity index (χ2n) is 3.53. The molecule has 1 aromatic heterocycles. The first kappa shape index (κ1) is 10.1. The molecule has 2 aromatic rings. The van der Waals surface area contributed by atoms with E-state index < -0.39 is 0 Å². The molecule has 0 fully saturated rings. The fraction of sp³-hybridized carbons (Fsp3) is 0.250. The summed E-state index contributed by atoms with van der Waals surface area (Å²) in [6.45, 7) is 2.71. The Balaban J connectivity index is 2.34. The van der Waals surface area contributed by atoms with Crippen LogP contribution in [0.5, 0.6) is 0 Å². The van der Waals surface area contributed by atoms with Gasteiger partial charge in [-0.3, -0.25) is 4.98 Å². The van der Waals surface area contributed by atoms with Crippen molar-refractivity contribution in [2.75, 3.05) is 7.11 Å². The molecule has 3 nitrogen and oxygen atoms in total. The molecule has 0 bridgehead atoms. The lowest BCUT2D eigenvalue weighted by Gasteiger charge is -2.04. The highest BCUT2D eigenvalue weighted by atomic mass is 16.6. The van der Waals surface area contributed by atoms with Crippen LogP contribution in [-0.2, 0) is 11.4 Å². The van der Waals surface area contributed by atoms with Crippen molar-refractivity contribution in [3.8, 4) is 0 Å². The minimum Gasteiger partial charge on any atom is -0.305 e. The molecule has 0 saturated heterocycles. The van der Waals surface area contributed by atoms with Gasteiger partial charge in [-0.15, -0.1) is 0 Å². The summed E-state index contributed by atoms with van der Waals surface area (Å²) in [6, 6.07) is 8.40. The zero-order valence-electron chi connectivity index (χ0n) is 8.95. The van der Waals surface area contributed by atoms with E-state index in [1.54, 1.807) is 7.11 Å². The number of nitrogens with one attached hydrogen (secondary N) is 1. The minimum atomic E-state index is 0.709. The van der Waals surface area contributed by atoms with Crippen molar-refractivity contribution in [3.63, 3.8) is 0 Å². The Hall–Kier alpha value is -1.45. The second-order valence-corrected chi connectivity index (χ2v) is 3.53. The van der Waals surface area contributed by atoms with Crippen LogP contribution in [0.1, 0.15) is 11.3 Å². The Labute approximate surface area is 89.0 Å². The van der Waals surface area contributed by atoms with Crippen LogP contribution in [0, 0.1) is 6.92 Å². The summed E-state index contributed by atoms with van der Waals surface area (Å²) < 4.78 is 0. The molecule has 2 rings (SSSR count). The van der Waals surface area contributed by atoms with Crippen molar-refractivity contribution in [3.05, 3.63) is 41.7 Å². The fourth-order valence-corrected chi connectivity index (χ4v) is 1.57. The van der Waals surface area contributed by atoms with Gasteiger partial charge in [0.15, 0.2) is 0 Å². The number of hydroxylamine groups is 1. The zero-order valence-corrected chi connectivity index (χ0v) is 8.95. The third-order valence-corrected chi connectivity index (χ3v) is 2.34. The predicted octanol–water partition coefficient (Wildman–Crippen LogP) is 2.19. The van der Waals surface area contributed by atoms with Crippen LogP contribution in [0.3, 0.4) is 0 Å². The molecule has 0 aliphatic heterocycles. The summed E-state index contributed by atoms with van der Waals surface area (Å²) in [6.07, 6.45) is 1.90. The highest BCUT2D eigenvalue weighted by molar-refractivity contribution is 5.82. The molecule has 0 spiro atoms. The van der Waals surface area contributed by atoms with Crippen molar-refractivity contribution >= 4 is 10.8 Å². The standard InChI is InChI=1S/C12H14N2O/c1-9-5-11-4-3-10(7-14-15-2)6-12(11)8-13-9/h3-6,8,14H,7H2,1-2H3. The maximum Gasteiger partial charge on any atom is 0.0572 e. The molecule has 1 heterocycles. The summed E-state index contributed by atoms with van der Waals surface area (Å²) in [5.41, 5.74) is 5.06. The molecule has 1 aromatic carbocycles. The van der Waals surface area contributed by atoms with E-state index in [0.717, 1.165) is 11.1 Å². The van der Waals surface area contributed by atoms with Crippen LogP contribution in [-0.4, -0.2) is 12.1 Å². The molecule has 0 aliphatic carbocycles. The molecule has 0 amide bonds. The van der Waals surface area contributed by atoms with Gasteiger partial charge in [0.05, 0.1) is 7.11 Å². The highest BCUT2D eigenvalue weighted by Crippen LogP contribution is 2.15. The Morgan fingerprint density at radius 1 is 1.27 bits per heavy atom. The quantitative estimate of drug-likeness (QED) is 0.775. The van der Waals surface area contributed by atoms with Crippen LogP contribution < -0.4 is 5.48 Å². The van der Waals surface area contributed by atoms with Crippen LogP contribution in [0.2, 0.25) is 0 Å². The van der Waals surface area contributed by atoms with Gasteiger partial charge < -0.3 is 4.84 Å². The summed E-state index contributed by atoms with van der Waals surface area (Å²) in [5, 5.41) is 2.39. The SMILES string of the molecule is CONCc1ccc2cc(C)ncc2c1. The molecule has 3 heteroatoms. The average molecular weight is 202 g/mol. The van der Waals surface area contributed by atoms with Crippen molar-refractivity contribution < 1.29 is 4.84 Å². The van der Waals surface area contributed by atoms with E-state index in [1.165, 1.54) is 10.9 Å². The fourth-order valence-electron chi connectivity index (χ4n) is 1.57. The van der Waals surface area contributed by atoms with E-state index in [-0.39, 0.29) is 0 Å². The normalized spacial score (nSPS) is 10.8. The van der Waals surface area contributed by atoms with Gasteiger partial charge in [0.2, 0.25) is 0 Å². The van der Waals surface area contributed by atoms with E-state index in [9.17, 15) is 0 Å². The molecule has 0 atom stereocenters. The molecule has 1 N–H and O–H groups in total. The lowest BCUT2D eigenvalue weighted by molar-refractivity contribution is 0.0867. The zero-order chi connectivity index (χ0) is 10.7. The predicted molar refractivity (Wildman–Crippen MR) is 60.3 cm³/mol. The molecular formula is C12H14N2O. The van der Waals surface area contributed by atoms with E-state index in [2.05, 4.69) is 34.7 Å². The lowest BCUT2D eigenvalue weighted by Crippen LogP contribution is -2.10. The number of hydrogen-bond acceptors (Lipinski definition) is 3. The molecule has 0 unspecified atom stereocenters. The van der Waals surface area contributed by atoms with Crippen LogP contribution in [0.15, 0.2) is 30.5 Å². The number of hydrogen-bond donors (Lipinski definition) is 1. The van der Waals surface area contributed by atoms with Crippen molar-refractivity contribution in [2.24, 2.45) is 0 Å². The van der Waals surface area contributed by atoms with Crippen molar-refractivity contribution in [1.29, 1.82) is 0 Å². The first-order chi connectivity index (χ1) is 7.29. The number of aryl methyl sites for hydroxylation is 1. The number of rotatable bonds is 3. The van der Waals surface area contributed by atoms with Gasteiger partial charge >= 0.3 is 0 Å². The van der Waals surface area contributed by atoms with Gasteiger partial charge in [0, 0.05) is 23.8 Å². The smallest absolute Gasteiger partial charge is 0.0572 e. The van der Waals surface area contributed by atoms with Gasteiger partial charge in [-0.2, -0.15) is 5.48 Å². The summed E-state index contributed by atoms with van der Waals surface area (Å²) >= 11 is 0. The molecule has 0 saturated carbocycles. The van der Waals surface area contributed by atoms with Gasteiger partial charge in [0.1, 0.15) is 0 Å². The molecule has 0 aliphatic rings. The van der Waals surface area contributed by atoms with Crippen LogP contribution in [0.25, 0.3) is 10.8 Å². The average Bonchev–Trinajstić information content (AvgIpc) is 2.26. The molecule has 78 valence electrons. The van der Waals surface area contributed by atoms with Crippen LogP contribution >= 0.6 is 0 Å². The Morgan fingerprint density at radius 2 is 2.13 bits per heavy atom. The summed E-state index contributed by atoms with van der Waals surface area (Å²) in [5.74, 6) is 0. The number of fused-ring (bicyclic) bond motifs is 1. The maximum absolute atomic E-state index is 4.81.